The summed E-state index contributed by atoms with van der Waals surface area (Å²) in [5.74, 6) is 1.39. The van der Waals surface area contributed by atoms with Gasteiger partial charge < -0.3 is 9.47 Å². The number of aromatic nitrogens is 2. The Labute approximate surface area is 189 Å². The molecule has 0 spiro atoms. The molecular formula is C24H22F2N2O3S. The average Bonchev–Trinajstić information content (AvgIpc) is 2.80. The fourth-order valence-electron chi connectivity index (χ4n) is 3.01. The fourth-order valence-corrected chi connectivity index (χ4v) is 3.90. The van der Waals surface area contributed by atoms with E-state index in [1.54, 1.807) is 50.4 Å². The van der Waals surface area contributed by atoms with Gasteiger partial charge in [-0.2, -0.15) is 0 Å². The number of para-hydroxylation sites is 1. The third kappa shape index (κ3) is 5.91. The van der Waals surface area contributed by atoms with E-state index >= 15 is 0 Å². The molecule has 0 amide bonds. The van der Waals surface area contributed by atoms with E-state index in [0.717, 1.165) is 11.1 Å². The molecule has 0 saturated carbocycles. The molecule has 3 rings (SSSR count). The zero-order valence-corrected chi connectivity index (χ0v) is 18.7. The molecule has 1 aromatic heterocycles. The Hall–Kier alpha value is -3.26. The first-order valence-electron chi connectivity index (χ1n) is 9.70. The number of halogens is 2. The summed E-state index contributed by atoms with van der Waals surface area (Å²) < 4.78 is 36.7. The predicted octanol–water partition coefficient (Wildman–Crippen LogP) is 5.93. The number of hydrogen-bond acceptors (Lipinski definition) is 6. The first kappa shape index (κ1) is 23.4. The number of aryl methyl sites for hydroxylation is 1. The molecule has 0 atom stereocenters. The largest absolute Gasteiger partial charge is 0.496 e. The molecular weight excluding hydrogens is 434 g/mol. The molecule has 0 aliphatic heterocycles. The van der Waals surface area contributed by atoms with E-state index in [1.807, 2.05) is 12.1 Å². The Morgan fingerprint density at radius 1 is 1.06 bits per heavy atom. The molecule has 0 bridgehead atoms. The molecule has 166 valence electrons. The molecule has 1 heterocycles. The summed E-state index contributed by atoms with van der Waals surface area (Å²) >= 11 is 1.24. The van der Waals surface area contributed by atoms with Crippen LogP contribution in [0.2, 0.25) is 0 Å². The Balaban J connectivity index is 1.78. The van der Waals surface area contributed by atoms with Crippen molar-refractivity contribution in [1.82, 2.24) is 9.97 Å². The number of allylic oxidation sites excluding steroid dienone is 1. The van der Waals surface area contributed by atoms with Crippen molar-refractivity contribution < 1.29 is 23.0 Å². The van der Waals surface area contributed by atoms with Crippen LogP contribution in [0.5, 0.6) is 11.5 Å². The highest BCUT2D eigenvalue weighted by Crippen LogP contribution is 2.29. The van der Waals surface area contributed by atoms with Gasteiger partial charge in [-0.15, -0.1) is 0 Å². The van der Waals surface area contributed by atoms with Gasteiger partial charge in [0.25, 0.3) is 6.43 Å². The molecule has 0 unspecified atom stereocenters. The van der Waals surface area contributed by atoms with Crippen molar-refractivity contribution in [2.24, 2.45) is 0 Å². The lowest BCUT2D eigenvalue weighted by atomic mass is 10.1. The summed E-state index contributed by atoms with van der Waals surface area (Å²) in [4.78, 5) is 20.7. The number of benzene rings is 2. The van der Waals surface area contributed by atoms with Crippen molar-refractivity contribution >= 4 is 23.6 Å². The van der Waals surface area contributed by atoms with Crippen molar-refractivity contribution in [3.05, 3.63) is 82.7 Å². The number of nitrogens with zero attached hydrogens (tertiary/aromatic N) is 2. The first-order valence-corrected chi connectivity index (χ1v) is 10.7. The number of rotatable bonds is 9. The smallest absolute Gasteiger partial charge is 0.280 e. The SMILES string of the molecule is COc1ccc(/C=C/C(=O)c2ccccc2OC)cc1CSc1nc(C)cc(C(F)F)n1. The molecule has 8 heteroatoms. The van der Waals surface area contributed by atoms with Gasteiger partial charge in [0.2, 0.25) is 0 Å². The summed E-state index contributed by atoms with van der Waals surface area (Å²) in [6, 6.07) is 13.8. The van der Waals surface area contributed by atoms with E-state index in [0.29, 0.717) is 28.5 Å². The monoisotopic (exact) mass is 456 g/mol. The number of carbonyl (C=O) groups excluding carboxylic acids is 1. The van der Waals surface area contributed by atoms with Gasteiger partial charge in [-0.05, 0) is 48.9 Å². The Kier molecular flexibility index (Phi) is 7.94. The first-order chi connectivity index (χ1) is 15.4. The second-order valence-electron chi connectivity index (χ2n) is 6.78. The van der Waals surface area contributed by atoms with Crippen LogP contribution in [0.1, 0.15) is 39.3 Å². The van der Waals surface area contributed by atoms with Gasteiger partial charge in [-0.1, -0.05) is 36.0 Å². The molecule has 32 heavy (non-hydrogen) atoms. The van der Waals surface area contributed by atoms with Gasteiger partial charge in [-0.25, -0.2) is 18.7 Å². The van der Waals surface area contributed by atoms with Gasteiger partial charge in [0.1, 0.15) is 17.2 Å². The molecule has 0 fully saturated rings. The summed E-state index contributed by atoms with van der Waals surface area (Å²) in [5, 5.41) is 0.273. The topological polar surface area (TPSA) is 61.3 Å². The normalized spacial score (nSPS) is 11.2. The van der Waals surface area contributed by atoms with Crippen molar-refractivity contribution in [3.63, 3.8) is 0 Å². The highest BCUT2D eigenvalue weighted by atomic mass is 32.2. The van der Waals surface area contributed by atoms with Crippen LogP contribution in [0, 0.1) is 6.92 Å². The standard InChI is InChI=1S/C24H22F2N2O3S/c1-15-12-19(23(25)26)28-24(27-15)32-14-17-13-16(9-11-21(17)30-2)8-10-20(29)18-6-4-5-7-22(18)31-3/h4-13,23H,14H2,1-3H3/b10-8+. The van der Waals surface area contributed by atoms with Crippen LogP contribution >= 0.6 is 11.8 Å². The maximum atomic E-state index is 13.0. The number of thioether (sulfide) groups is 1. The van der Waals surface area contributed by atoms with Gasteiger partial charge in [0, 0.05) is 17.0 Å². The lowest BCUT2D eigenvalue weighted by molar-refractivity contribution is 0.104. The van der Waals surface area contributed by atoms with E-state index in [2.05, 4.69) is 9.97 Å². The summed E-state index contributed by atoms with van der Waals surface area (Å²) in [6.45, 7) is 1.66. The lowest BCUT2D eigenvalue weighted by Gasteiger charge is -2.10. The number of alkyl halides is 2. The van der Waals surface area contributed by atoms with E-state index < -0.39 is 6.43 Å². The molecule has 0 saturated heterocycles. The number of carbonyl (C=O) groups is 1. The van der Waals surface area contributed by atoms with Crippen LogP contribution in [0.15, 0.2) is 59.8 Å². The molecule has 0 N–H and O–H groups in total. The van der Waals surface area contributed by atoms with Gasteiger partial charge in [0.15, 0.2) is 10.9 Å². The number of hydrogen-bond donors (Lipinski definition) is 0. The average molecular weight is 457 g/mol. The molecule has 2 aromatic carbocycles. The van der Waals surface area contributed by atoms with E-state index in [1.165, 1.54) is 31.0 Å². The van der Waals surface area contributed by atoms with Crippen LogP contribution in [0.4, 0.5) is 8.78 Å². The molecule has 0 radical (unpaired) electrons. The molecule has 5 nitrogen and oxygen atoms in total. The Morgan fingerprint density at radius 3 is 2.53 bits per heavy atom. The zero-order valence-electron chi connectivity index (χ0n) is 17.8. The van der Waals surface area contributed by atoms with Gasteiger partial charge in [0.05, 0.1) is 19.8 Å². The minimum atomic E-state index is -2.65. The zero-order chi connectivity index (χ0) is 23.1. The Bertz CT molecular complexity index is 1140. The van der Waals surface area contributed by atoms with Crippen LogP contribution < -0.4 is 9.47 Å². The number of ketones is 1. The minimum Gasteiger partial charge on any atom is -0.496 e. The van der Waals surface area contributed by atoms with Crippen molar-refractivity contribution in [1.29, 1.82) is 0 Å². The molecule has 3 aromatic rings. The third-order valence-electron chi connectivity index (χ3n) is 4.54. The minimum absolute atomic E-state index is 0.179. The van der Waals surface area contributed by atoms with Crippen LogP contribution in [0.3, 0.4) is 0 Å². The highest BCUT2D eigenvalue weighted by molar-refractivity contribution is 7.98. The third-order valence-corrected chi connectivity index (χ3v) is 5.43. The quantitative estimate of drug-likeness (QED) is 0.172. The highest BCUT2D eigenvalue weighted by Gasteiger charge is 2.13. The van der Waals surface area contributed by atoms with Crippen molar-refractivity contribution in [2.45, 2.75) is 24.3 Å². The van der Waals surface area contributed by atoms with E-state index in [9.17, 15) is 13.6 Å². The second kappa shape index (κ2) is 10.9. The van der Waals surface area contributed by atoms with Crippen molar-refractivity contribution in [3.8, 4) is 11.5 Å². The van der Waals surface area contributed by atoms with Crippen LogP contribution in [0.25, 0.3) is 6.08 Å². The molecule has 0 aliphatic carbocycles. The van der Waals surface area contributed by atoms with E-state index in [-0.39, 0.29) is 16.6 Å². The van der Waals surface area contributed by atoms with E-state index in [4.69, 9.17) is 9.47 Å². The Morgan fingerprint density at radius 2 is 1.81 bits per heavy atom. The van der Waals surface area contributed by atoms with Gasteiger partial charge in [-0.3, -0.25) is 4.79 Å². The summed E-state index contributed by atoms with van der Waals surface area (Å²) in [5.41, 5.74) is 2.29. The van der Waals surface area contributed by atoms with Crippen molar-refractivity contribution in [2.75, 3.05) is 14.2 Å². The predicted molar refractivity (Wildman–Crippen MR) is 121 cm³/mol. The van der Waals surface area contributed by atoms with Gasteiger partial charge >= 0.3 is 0 Å². The summed E-state index contributed by atoms with van der Waals surface area (Å²) in [7, 11) is 3.08. The number of methoxy groups -OCH3 is 2. The lowest BCUT2D eigenvalue weighted by Crippen LogP contribution is -1.99. The second-order valence-corrected chi connectivity index (χ2v) is 7.72. The van der Waals surface area contributed by atoms with Crippen LogP contribution in [-0.4, -0.2) is 30.0 Å². The van der Waals surface area contributed by atoms with Crippen LogP contribution in [-0.2, 0) is 5.75 Å². The molecule has 0 aliphatic rings. The summed E-state index contributed by atoms with van der Waals surface area (Å²) in [6.07, 6.45) is 0.537. The maximum Gasteiger partial charge on any atom is 0.280 e. The fraction of sp³-hybridized carbons (Fsp3) is 0.208. The maximum absolute atomic E-state index is 13.0. The number of ether oxygens (including phenoxy) is 2.